The first-order valence-electron chi connectivity index (χ1n) is 4.93. The highest BCUT2D eigenvalue weighted by atomic mass is 16.2. The topological polar surface area (TPSA) is 66.5 Å². The molecule has 0 spiro atoms. The Balaban J connectivity index is 2.51. The van der Waals surface area contributed by atoms with Crippen LogP contribution in [0.2, 0.25) is 0 Å². The largest absolute Gasteiger partial charge is 0.394 e. The van der Waals surface area contributed by atoms with Gasteiger partial charge in [-0.25, -0.2) is 0 Å². The first-order chi connectivity index (χ1) is 7.02. The van der Waals surface area contributed by atoms with Crippen LogP contribution < -0.4 is 5.23 Å². The van der Waals surface area contributed by atoms with Gasteiger partial charge in [-0.15, -0.1) is 0 Å². The predicted octanol–water partition coefficient (Wildman–Crippen LogP) is -0.0849. The van der Waals surface area contributed by atoms with Crippen LogP contribution in [0.1, 0.15) is 26.7 Å². The normalized spacial score (nSPS) is 19.9. The van der Waals surface area contributed by atoms with Gasteiger partial charge in [-0.3, -0.25) is 14.4 Å². The standard InChI is InChI=1S/C9H14BN2O3/c1-6(13)8-4-3-5-12(8)9(15)10-11-7(2)14/h8H,3-5H2,1-2H3,(H,11,14). The van der Waals surface area contributed by atoms with Crippen molar-refractivity contribution in [3.8, 4) is 0 Å². The molecule has 1 aliphatic heterocycles. The van der Waals surface area contributed by atoms with Crippen molar-refractivity contribution in [2.24, 2.45) is 0 Å². The second kappa shape index (κ2) is 4.95. The molecule has 5 nitrogen and oxygen atoms in total. The molecular weight excluding hydrogens is 195 g/mol. The second-order valence-corrected chi connectivity index (χ2v) is 3.65. The third-order valence-electron chi connectivity index (χ3n) is 2.40. The van der Waals surface area contributed by atoms with E-state index in [-0.39, 0.29) is 23.5 Å². The highest BCUT2D eigenvalue weighted by Gasteiger charge is 2.31. The first-order valence-corrected chi connectivity index (χ1v) is 4.93. The van der Waals surface area contributed by atoms with Crippen LogP contribution >= 0.6 is 0 Å². The van der Waals surface area contributed by atoms with E-state index in [4.69, 9.17) is 0 Å². The van der Waals surface area contributed by atoms with Crippen LogP contribution in [0.25, 0.3) is 0 Å². The molecule has 1 fully saturated rings. The molecule has 0 aliphatic carbocycles. The smallest absolute Gasteiger partial charge is 0.364 e. The number of carbonyl (C=O) groups excluding carboxylic acids is 3. The number of rotatable bonds is 3. The van der Waals surface area contributed by atoms with Crippen molar-refractivity contribution >= 4 is 24.9 Å². The Kier molecular flexibility index (Phi) is 3.88. The Bertz CT molecular complexity index is 293. The summed E-state index contributed by atoms with van der Waals surface area (Å²) in [5, 5.41) is 2.32. The summed E-state index contributed by atoms with van der Waals surface area (Å²) in [4.78, 5) is 34.9. The fourth-order valence-corrected chi connectivity index (χ4v) is 1.70. The zero-order valence-electron chi connectivity index (χ0n) is 8.95. The SMILES string of the molecule is CC(=O)N[B]C(=O)N1CCCC1C(C)=O. The van der Waals surface area contributed by atoms with Crippen LogP contribution in [-0.4, -0.2) is 42.4 Å². The molecule has 0 aromatic heterocycles. The lowest BCUT2D eigenvalue weighted by Gasteiger charge is -2.22. The number of Topliss-reactive ketones (excluding diaryl/α,β-unsaturated/α-hetero) is 1. The van der Waals surface area contributed by atoms with E-state index in [0.29, 0.717) is 6.54 Å². The minimum Gasteiger partial charge on any atom is -0.394 e. The zero-order chi connectivity index (χ0) is 11.4. The summed E-state index contributed by atoms with van der Waals surface area (Å²) in [6.45, 7) is 3.39. The van der Waals surface area contributed by atoms with Gasteiger partial charge in [0.25, 0.3) is 0 Å². The minimum absolute atomic E-state index is 0.00271. The van der Waals surface area contributed by atoms with Crippen molar-refractivity contribution in [3.63, 3.8) is 0 Å². The van der Waals surface area contributed by atoms with Gasteiger partial charge in [-0.05, 0) is 19.8 Å². The number of amides is 2. The van der Waals surface area contributed by atoms with Crippen molar-refractivity contribution in [3.05, 3.63) is 0 Å². The molecule has 15 heavy (non-hydrogen) atoms. The van der Waals surface area contributed by atoms with Gasteiger partial charge in [0, 0.05) is 13.5 Å². The molecule has 1 saturated heterocycles. The molecule has 6 heteroatoms. The van der Waals surface area contributed by atoms with Crippen LogP contribution in [0.15, 0.2) is 0 Å². The van der Waals surface area contributed by atoms with Crippen LogP contribution in [0.5, 0.6) is 0 Å². The Morgan fingerprint density at radius 2 is 2.00 bits per heavy atom. The lowest BCUT2D eigenvalue weighted by Crippen LogP contribution is -2.45. The highest BCUT2D eigenvalue weighted by molar-refractivity contribution is 6.73. The quantitative estimate of drug-likeness (QED) is 0.660. The number of likely N-dealkylation sites (tertiary alicyclic amines) is 1. The summed E-state index contributed by atoms with van der Waals surface area (Å²) in [5.74, 6) is -0.595. The molecular formula is C9H14BN2O3. The van der Waals surface area contributed by atoms with Crippen LogP contribution in [0.4, 0.5) is 4.79 Å². The van der Waals surface area contributed by atoms with Gasteiger partial charge in [0.2, 0.25) is 5.91 Å². The molecule has 0 aromatic rings. The number of hydrogen-bond donors (Lipinski definition) is 1. The van der Waals surface area contributed by atoms with Gasteiger partial charge in [-0.1, -0.05) is 0 Å². The molecule has 0 saturated carbocycles. The molecule has 1 rings (SSSR count). The molecule has 81 valence electrons. The Hall–Kier alpha value is -1.33. The third-order valence-corrected chi connectivity index (χ3v) is 2.40. The molecule has 1 radical (unpaired) electrons. The van der Waals surface area contributed by atoms with Crippen molar-refractivity contribution < 1.29 is 14.4 Å². The van der Waals surface area contributed by atoms with Gasteiger partial charge in [0.15, 0.2) is 11.6 Å². The molecule has 0 bridgehead atoms. The van der Waals surface area contributed by atoms with E-state index in [1.807, 2.05) is 0 Å². The fraction of sp³-hybridized carbons (Fsp3) is 0.667. The second-order valence-electron chi connectivity index (χ2n) is 3.65. The summed E-state index contributed by atoms with van der Waals surface area (Å²) in [7, 11) is 1.11. The minimum atomic E-state index is -0.317. The number of hydrogen-bond acceptors (Lipinski definition) is 3. The molecule has 0 aromatic carbocycles. The van der Waals surface area contributed by atoms with Crippen molar-refractivity contribution in [1.82, 2.24) is 10.1 Å². The number of nitrogens with one attached hydrogen (secondary N) is 1. The summed E-state index contributed by atoms with van der Waals surface area (Å²) < 4.78 is 0. The van der Waals surface area contributed by atoms with E-state index in [9.17, 15) is 14.4 Å². The van der Waals surface area contributed by atoms with Crippen molar-refractivity contribution in [2.75, 3.05) is 6.54 Å². The van der Waals surface area contributed by atoms with Gasteiger partial charge in [0.1, 0.15) is 0 Å². The number of carbonyl (C=O) groups is 3. The van der Waals surface area contributed by atoms with E-state index >= 15 is 0 Å². The van der Waals surface area contributed by atoms with Crippen LogP contribution in [0, 0.1) is 0 Å². The average molecular weight is 209 g/mol. The van der Waals surface area contributed by atoms with Gasteiger partial charge in [0.05, 0.1) is 6.04 Å². The highest BCUT2D eigenvalue weighted by Crippen LogP contribution is 2.17. The van der Waals surface area contributed by atoms with Gasteiger partial charge in [-0.2, -0.15) is 0 Å². The first kappa shape index (κ1) is 11.7. The summed E-state index contributed by atoms with van der Waals surface area (Å²) >= 11 is 0. The molecule has 1 unspecified atom stereocenters. The van der Waals surface area contributed by atoms with E-state index in [1.165, 1.54) is 18.7 Å². The summed E-state index contributed by atoms with van der Waals surface area (Å²) in [6.07, 6.45) is 1.55. The molecule has 1 N–H and O–H groups in total. The lowest BCUT2D eigenvalue weighted by atomic mass is 9.91. The predicted molar refractivity (Wildman–Crippen MR) is 55.4 cm³/mol. The fourth-order valence-electron chi connectivity index (χ4n) is 1.70. The van der Waals surface area contributed by atoms with Gasteiger partial charge >= 0.3 is 7.41 Å². The van der Waals surface area contributed by atoms with Crippen molar-refractivity contribution in [1.29, 1.82) is 0 Å². The van der Waals surface area contributed by atoms with E-state index < -0.39 is 0 Å². The zero-order valence-corrected chi connectivity index (χ0v) is 8.95. The molecule has 2 amide bonds. The van der Waals surface area contributed by atoms with E-state index in [0.717, 1.165) is 20.3 Å². The molecule has 1 aliphatic rings. The summed E-state index contributed by atoms with van der Waals surface area (Å²) in [5.41, 5.74) is 0. The maximum Gasteiger partial charge on any atom is 0.364 e. The van der Waals surface area contributed by atoms with Crippen LogP contribution in [0.3, 0.4) is 0 Å². The van der Waals surface area contributed by atoms with Crippen LogP contribution in [-0.2, 0) is 9.59 Å². The average Bonchev–Trinajstić information content (AvgIpc) is 2.62. The van der Waals surface area contributed by atoms with E-state index in [2.05, 4.69) is 5.23 Å². The number of nitrogens with zero attached hydrogens (tertiary/aromatic N) is 1. The van der Waals surface area contributed by atoms with E-state index in [1.54, 1.807) is 0 Å². The maximum atomic E-state index is 11.6. The van der Waals surface area contributed by atoms with Crippen molar-refractivity contribution in [2.45, 2.75) is 32.7 Å². The molecule has 1 atom stereocenters. The Morgan fingerprint density at radius 1 is 1.33 bits per heavy atom. The maximum absolute atomic E-state index is 11.6. The lowest BCUT2D eigenvalue weighted by molar-refractivity contribution is -0.120. The Morgan fingerprint density at radius 3 is 2.53 bits per heavy atom. The summed E-state index contributed by atoms with van der Waals surface area (Å²) in [6, 6.07) is -0.317. The number of ketones is 1. The Labute approximate surface area is 89.5 Å². The van der Waals surface area contributed by atoms with Gasteiger partial charge < -0.3 is 10.1 Å². The molecule has 1 heterocycles. The monoisotopic (exact) mass is 209 g/mol. The third kappa shape index (κ3) is 3.07.